The van der Waals surface area contributed by atoms with Crippen molar-refractivity contribution in [1.82, 2.24) is 15.0 Å². The van der Waals surface area contributed by atoms with E-state index in [4.69, 9.17) is 4.52 Å². The van der Waals surface area contributed by atoms with Gasteiger partial charge in [-0.15, -0.1) is 0 Å². The molecule has 0 amide bonds. The normalized spacial score (nSPS) is 26.8. The Morgan fingerprint density at radius 2 is 2.31 bits per heavy atom. The molecule has 1 aromatic heterocycles. The van der Waals surface area contributed by atoms with Crippen molar-refractivity contribution in [2.24, 2.45) is 0 Å². The maximum atomic E-state index is 9.83. The Hall–Kier alpha value is -0.940. The van der Waals surface area contributed by atoms with Crippen LogP contribution in [0, 0.1) is 0 Å². The summed E-state index contributed by atoms with van der Waals surface area (Å²) in [6.07, 6.45) is 0.807. The van der Waals surface area contributed by atoms with Gasteiger partial charge in [-0.1, -0.05) is 19.0 Å². The molecule has 1 unspecified atom stereocenters. The van der Waals surface area contributed by atoms with E-state index in [0.29, 0.717) is 24.8 Å². The lowest BCUT2D eigenvalue weighted by Gasteiger charge is -2.16. The molecule has 0 saturated carbocycles. The van der Waals surface area contributed by atoms with Gasteiger partial charge in [0.15, 0.2) is 5.82 Å². The molecule has 0 aromatic carbocycles. The first-order valence-electron chi connectivity index (χ1n) is 5.73. The first-order valence-corrected chi connectivity index (χ1v) is 5.73. The molecule has 1 fully saturated rings. The van der Waals surface area contributed by atoms with E-state index >= 15 is 0 Å². The minimum Gasteiger partial charge on any atom is -0.389 e. The Labute approximate surface area is 95.4 Å². The first kappa shape index (κ1) is 11.5. The van der Waals surface area contributed by atoms with Crippen LogP contribution in [0.25, 0.3) is 0 Å². The van der Waals surface area contributed by atoms with E-state index in [-0.39, 0.29) is 5.92 Å². The molecule has 90 valence electrons. The number of rotatable bonds is 3. The van der Waals surface area contributed by atoms with Gasteiger partial charge in [0.25, 0.3) is 0 Å². The van der Waals surface area contributed by atoms with Gasteiger partial charge >= 0.3 is 0 Å². The van der Waals surface area contributed by atoms with Gasteiger partial charge in [0.05, 0.1) is 12.1 Å². The summed E-state index contributed by atoms with van der Waals surface area (Å²) in [5, 5.41) is 13.8. The van der Waals surface area contributed by atoms with Gasteiger partial charge in [-0.05, 0) is 13.3 Å². The Morgan fingerprint density at radius 1 is 1.56 bits per heavy atom. The van der Waals surface area contributed by atoms with E-state index in [9.17, 15) is 5.11 Å². The van der Waals surface area contributed by atoms with Gasteiger partial charge in [-0.2, -0.15) is 4.98 Å². The molecule has 0 spiro atoms. The maximum absolute atomic E-state index is 9.83. The quantitative estimate of drug-likeness (QED) is 0.836. The van der Waals surface area contributed by atoms with Crippen molar-refractivity contribution in [3.05, 3.63) is 11.7 Å². The fourth-order valence-electron chi connectivity index (χ4n) is 1.94. The van der Waals surface area contributed by atoms with Crippen LogP contribution in [0.1, 0.15) is 44.8 Å². The van der Waals surface area contributed by atoms with Crippen LogP contribution in [-0.4, -0.2) is 38.8 Å². The molecular weight excluding hydrogens is 206 g/mol. The maximum Gasteiger partial charge on any atom is 0.229 e. The number of likely N-dealkylation sites (tertiary alicyclic amines) is 1. The summed E-state index contributed by atoms with van der Waals surface area (Å²) in [5.41, 5.74) is -0.565. The van der Waals surface area contributed by atoms with Crippen molar-refractivity contribution in [3.63, 3.8) is 0 Å². The smallest absolute Gasteiger partial charge is 0.229 e. The standard InChI is InChI=1S/C11H19N3O2/c1-8(2)10-12-9(13-16-10)6-14-5-4-11(3,15)7-14/h8,15H,4-7H2,1-3H3. The lowest BCUT2D eigenvalue weighted by atomic mass is 10.1. The molecule has 1 aliphatic rings. The molecule has 16 heavy (non-hydrogen) atoms. The highest BCUT2D eigenvalue weighted by Crippen LogP contribution is 2.21. The second-order valence-corrected chi connectivity index (χ2v) is 5.16. The molecule has 1 atom stereocenters. The van der Waals surface area contributed by atoms with Gasteiger partial charge in [-0.3, -0.25) is 4.90 Å². The van der Waals surface area contributed by atoms with Gasteiger partial charge < -0.3 is 9.63 Å². The Kier molecular flexibility index (Phi) is 2.99. The highest BCUT2D eigenvalue weighted by molar-refractivity contribution is 4.93. The van der Waals surface area contributed by atoms with Crippen LogP contribution in [0.3, 0.4) is 0 Å². The topological polar surface area (TPSA) is 62.4 Å². The third-order valence-corrected chi connectivity index (χ3v) is 2.87. The van der Waals surface area contributed by atoms with Crippen LogP contribution in [0.15, 0.2) is 4.52 Å². The predicted octanol–water partition coefficient (Wildman–Crippen LogP) is 1.15. The third kappa shape index (κ3) is 2.59. The zero-order valence-electron chi connectivity index (χ0n) is 10.1. The fraction of sp³-hybridized carbons (Fsp3) is 0.818. The number of hydrogen-bond donors (Lipinski definition) is 1. The molecule has 2 heterocycles. The van der Waals surface area contributed by atoms with Gasteiger partial charge in [0, 0.05) is 19.0 Å². The minimum absolute atomic E-state index is 0.267. The van der Waals surface area contributed by atoms with Crippen LogP contribution < -0.4 is 0 Å². The van der Waals surface area contributed by atoms with E-state index in [1.165, 1.54) is 0 Å². The number of nitrogens with zero attached hydrogens (tertiary/aromatic N) is 3. The van der Waals surface area contributed by atoms with Crippen molar-refractivity contribution >= 4 is 0 Å². The Morgan fingerprint density at radius 3 is 2.81 bits per heavy atom. The van der Waals surface area contributed by atoms with Crippen molar-refractivity contribution in [1.29, 1.82) is 0 Å². The molecule has 0 bridgehead atoms. The molecule has 1 saturated heterocycles. The van der Waals surface area contributed by atoms with Crippen molar-refractivity contribution < 1.29 is 9.63 Å². The molecular formula is C11H19N3O2. The number of aliphatic hydroxyl groups is 1. The second kappa shape index (κ2) is 4.14. The molecule has 5 nitrogen and oxygen atoms in total. The SMILES string of the molecule is CC(C)c1nc(CN2CCC(C)(O)C2)no1. The van der Waals surface area contributed by atoms with Crippen molar-refractivity contribution in [2.45, 2.75) is 45.3 Å². The van der Waals surface area contributed by atoms with Crippen LogP contribution in [0.2, 0.25) is 0 Å². The highest BCUT2D eigenvalue weighted by atomic mass is 16.5. The lowest BCUT2D eigenvalue weighted by molar-refractivity contribution is 0.0675. The molecule has 1 N–H and O–H groups in total. The zero-order chi connectivity index (χ0) is 11.8. The molecule has 2 rings (SSSR count). The van der Waals surface area contributed by atoms with Crippen LogP contribution in [0.4, 0.5) is 0 Å². The number of β-amino-alcohol motifs (C(OH)–C–C–N with tert-alkyl or cyclic N) is 1. The van der Waals surface area contributed by atoms with Crippen LogP contribution in [0.5, 0.6) is 0 Å². The molecule has 0 aliphatic carbocycles. The third-order valence-electron chi connectivity index (χ3n) is 2.87. The monoisotopic (exact) mass is 225 g/mol. The summed E-state index contributed by atoms with van der Waals surface area (Å²) >= 11 is 0. The van der Waals surface area contributed by atoms with Crippen molar-refractivity contribution in [3.8, 4) is 0 Å². The fourth-order valence-corrected chi connectivity index (χ4v) is 1.94. The molecule has 1 aromatic rings. The van der Waals surface area contributed by atoms with E-state index in [1.807, 2.05) is 20.8 Å². The summed E-state index contributed by atoms with van der Waals surface area (Å²) in [5.74, 6) is 1.66. The molecule has 0 radical (unpaired) electrons. The molecule has 5 heteroatoms. The van der Waals surface area contributed by atoms with Gasteiger partial charge in [0.2, 0.25) is 5.89 Å². The number of hydrogen-bond acceptors (Lipinski definition) is 5. The summed E-state index contributed by atoms with van der Waals surface area (Å²) in [6.45, 7) is 8.14. The first-order chi connectivity index (χ1) is 7.46. The number of aromatic nitrogens is 2. The van der Waals surface area contributed by atoms with Gasteiger partial charge in [0.1, 0.15) is 0 Å². The summed E-state index contributed by atoms with van der Waals surface area (Å²) < 4.78 is 5.14. The molecule has 1 aliphatic heterocycles. The van der Waals surface area contributed by atoms with Crippen LogP contribution in [-0.2, 0) is 6.54 Å². The average molecular weight is 225 g/mol. The van der Waals surface area contributed by atoms with Crippen molar-refractivity contribution in [2.75, 3.05) is 13.1 Å². The van der Waals surface area contributed by atoms with Gasteiger partial charge in [-0.25, -0.2) is 0 Å². The average Bonchev–Trinajstić information content (AvgIpc) is 2.73. The Balaban J connectivity index is 1.94. The van der Waals surface area contributed by atoms with E-state index in [1.54, 1.807) is 0 Å². The summed E-state index contributed by atoms with van der Waals surface area (Å²) in [6, 6.07) is 0. The highest BCUT2D eigenvalue weighted by Gasteiger charge is 2.31. The Bertz CT molecular complexity index is 360. The van der Waals surface area contributed by atoms with E-state index in [0.717, 1.165) is 13.0 Å². The zero-order valence-corrected chi connectivity index (χ0v) is 10.1. The largest absolute Gasteiger partial charge is 0.389 e. The van der Waals surface area contributed by atoms with E-state index < -0.39 is 5.60 Å². The van der Waals surface area contributed by atoms with E-state index in [2.05, 4.69) is 15.0 Å². The lowest BCUT2D eigenvalue weighted by Crippen LogP contribution is -2.29. The second-order valence-electron chi connectivity index (χ2n) is 5.16. The predicted molar refractivity (Wildman–Crippen MR) is 58.9 cm³/mol. The summed E-state index contributed by atoms with van der Waals surface area (Å²) in [7, 11) is 0. The van der Waals surface area contributed by atoms with Crippen LogP contribution >= 0.6 is 0 Å². The minimum atomic E-state index is -0.565. The summed E-state index contributed by atoms with van der Waals surface area (Å²) in [4.78, 5) is 6.47.